The second-order valence-corrected chi connectivity index (χ2v) is 4.15. The number of benzene rings is 1. The number of phenols is 1. The fourth-order valence-electron chi connectivity index (χ4n) is 1.48. The number of aromatic hydroxyl groups is 1. The predicted molar refractivity (Wildman–Crippen MR) is 67.9 cm³/mol. The maximum absolute atomic E-state index is 9.43. The van der Waals surface area contributed by atoms with Crippen LogP contribution in [0, 0.1) is 0 Å². The third-order valence-electron chi connectivity index (χ3n) is 2.28. The minimum absolute atomic E-state index is 0.0599. The molecule has 2 rings (SSSR count). The molecule has 1 aromatic heterocycles. The van der Waals surface area contributed by atoms with E-state index in [9.17, 15) is 5.11 Å². The van der Waals surface area contributed by atoms with Crippen LogP contribution in [0.5, 0.6) is 11.5 Å². The summed E-state index contributed by atoms with van der Waals surface area (Å²) in [5.74, 6) is 0.534. The van der Waals surface area contributed by atoms with Crippen LogP contribution >= 0.6 is 23.2 Å². The smallest absolute Gasteiger partial charge is 0.145 e. The molecule has 0 aliphatic carbocycles. The van der Waals surface area contributed by atoms with Crippen molar-refractivity contribution in [1.29, 1.82) is 0 Å². The SMILES string of the molecule is COc1cccnc1-c1cc(Cl)c(O)cc1Cl. The lowest BCUT2D eigenvalue weighted by Gasteiger charge is -2.09. The monoisotopic (exact) mass is 269 g/mol. The van der Waals surface area contributed by atoms with E-state index in [2.05, 4.69) is 4.98 Å². The Morgan fingerprint density at radius 3 is 2.71 bits per heavy atom. The highest BCUT2D eigenvalue weighted by atomic mass is 35.5. The lowest BCUT2D eigenvalue weighted by Crippen LogP contribution is -1.91. The quantitative estimate of drug-likeness (QED) is 0.903. The van der Waals surface area contributed by atoms with Crippen molar-refractivity contribution in [3.63, 3.8) is 0 Å². The van der Waals surface area contributed by atoms with E-state index in [1.807, 2.05) is 0 Å². The summed E-state index contributed by atoms with van der Waals surface area (Å²) in [5, 5.41) is 10.0. The molecule has 0 radical (unpaired) electrons. The van der Waals surface area contributed by atoms with Gasteiger partial charge in [0.1, 0.15) is 17.2 Å². The molecule has 0 aliphatic heterocycles. The zero-order valence-electron chi connectivity index (χ0n) is 8.95. The highest BCUT2D eigenvalue weighted by Gasteiger charge is 2.13. The van der Waals surface area contributed by atoms with Crippen molar-refractivity contribution in [2.75, 3.05) is 7.11 Å². The third kappa shape index (κ3) is 2.30. The fourth-order valence-corrected chi connectivity index (χ4v) is 1.89. The van der Waals surface area contributed by atoms with Gasteiger partial charge in [0.05, 0.1) is 17.2 Å². The Labute approximate surface area is 109 Å². The lowest BCUT2D eigenvalue weighted by atomic mass is 10.1. The molecule has 3 nitrogen and oxygen atoms in total. The Bertz CT molecular complexity index is 558. The summed E-state index contributed by atoms with van der Waals surface area (Å²) in [6.45, 7) is 0. The van der Waals surface area contributed by atoms with E-state index in [1.54, 1.807) is 31.5 Å². The predicted octanol–water partition coefficient (Wildman–Crippen LogP) is 3.77. The van der Waals surface area contributed by atoms with Gasteiger partial charge in [0.2, 0.25) is 0 Å². The zero-order valence-corrected chi connectivity index (χ0v) is 10.5. The molecular formula is C12H9Cl2NO2. The van der Waals surface area contributed by atoms with E-state index >= 15 is 0 Å². The van der Waals surface area contributed by atoms with E-state index in [1.165, 1.54) is 6.07 Å². The summed E-state index contributed by atoms with van der Waals surface area (Å²) < 4.78 is 5.20. The van der Waals surface area contributed by atoms with Crippen molar-refractivity contribution in [2.24, 2.45) is 0 Å². The van der Waals surface area contributed by atoms with Gasteiger partial charge in [0.25, 0.3) is 0 Å². The number of hydrogen-bond donors (Lipinski definition) is 1. The molecule has 0 fully saturated rings. The molecule has 1 N–H and O–H groups in total. The lowest BCUT2D eigenvalue weighted by molar-refractivity contribution is 0.415. The third-order valence-corrected chi connectivity index (χ3v) is 2.90. The Morgan fingerprint density at radius 1 is 1.24 bits per heavy atom. The van der Waals surface area contributed by atoms with Gasteiger partial charge in [-0.1, -0.05) is 23.2 Å². The van der Waals surface area contributed by atoms with Gasteiger partial charge in [-0.05, 0) is 18.2 Å². The molecule has 0 aliphatic rings. The van der Waals surface area contributed by atoms with Crippen LogP contribution in [-0.2, 0) is 0 Å². The molecule has 0 amide bonds. The molecule has 1 aromatic carbocycles. The minimum atomic E-state index is -0.0599. The van der Waals surface area contributed by atoms with E-state index in [-0.39, 0.29) is 10.8 Å². The van der Waals surface area contributed by atoms with Gasteiger partial charge in [0.15, 0.2) is 0 Å². The highest BCUT2D eigenvalue weighted by Crippen LogP contribution is 2.38. The molecule has 17 heavy (non-hydrogen) atoms. The minimum Gasteiger partial charge on any atom is -0.506 e. The van der Waals surface area contributed by atoms with Gasteiger partial charge < -0.3 is 9.84 Å². The second kappa shape index (κ2) is 4.82. The van der Waals surface area contributed by atoms with E-state index in [0.717, 1.165) is 0 Å². The average Bonchev–Trinajstić information content (AvgIpc) is 2.34. The number of nitrogens with zero attached hydrogens (tertiary/aromatic N) is 1. The number of halogens is 2. The van der Waals surface area contributed by atoms with Gasteiger partial charge in [-0.25, -0.2) is 0 Å². The number of rotatable bonds is 2. The number of phenolic OH excluding ortho intramolecular Hbond substituents is 1. The van der Waals surface area contributed by atoms with E-state index in [0.29, 0.717) is 22.0 Å². The number of ether oxygens (including phenoxy) is 1. The maximum Gasteiger partial charge on any atom is 0.145 e. The Hall–Kier alpha value is -1.45. The number of aromatic nitrogens is 1. The highest BCUT2D eigenvalue weighted by molar-refractivity contribution is 6.36. The molecule has 0 unspecified atom stereocenters. The summed E-state index contributed by atoms with van der Waals surface area (Å²) in [5.41, 5.74) is 1.20. The van der Waals surface area contributed by atoms with Crippen LogP contribution in [0.25, 0.3) is 11.3 Å². The summed E-state index contributed by atoms with van der Waals surface area (Å²) in [4.78, 5) is 4.20. The average molecular weight is 270 g/mol. The van der Waals surface area contributed by atoms with Gasteiger partial charge in [-0.2, -0.15) is 0 Å². The van der Waals surface area contributed by atoms with Crippen LogP contribution in [0.2, 0.25) is 10.0 Å². The fraction of sp³-hybridized carbons (Fsp3) is 0.0833. The van der Waals surface area contributed by atoms with Crippen molar-refractivity contribution in [3.8, 4) is 22.8 Å². The van der Waals surface area contributed by atoms with Crippen LogP contribution in [0.3, 0.4) is 0 Å². The first-order valence-corrected chi connectivity index (χ1v) is 5.56. The van der Waals surface area contributed by atoms with E-state index < -0.39 is 0 Å². The number of methoxy groups -OCH3 is 1. The molecule has 2 aromatic rings. The van der Waals surface area contributed by atoms with Crippen molar-refractivity contribution in [3.05, 3.63) is 40.5 Å². The van der Waals surface area contributed by atoms with Crippen molar-refractivity contribution in [1.82, 2.24) is 4.98 Å². The molecule has 88 valence electrons. The van der Waals surface area contributed by atoms with Gasteiger partial charge in [-0.3, -0.25) is 4.98 Å². The van der Waals surface area contributed by atoms with Crippen LogP contribution < -0.4 is 4.74 Å². The Kier molecular flexibility index (Phi) is 3.41. The Morgan fingerprint density at radius 2 is 2.00 bits per heavy atom. The van der Waals surface area contributed by atoms with Crippen LogP contribution in [0.15, 0.2) is 30.5 Å². The van der Waals surface area contributed by atoms with Crippen molar-refractivity contribution >= 4 is 23.2 Å². The van der Waals surface area contributed by atoms with Gasteiger partial charge >= 0.3 is 0 Å². The summed E-state index contributed by atoms with van der Waals surface area (Å²) in [6, 6.07) is 6.48. The van der Waals surface area contributed by atoms with Gasteiger partial charge in [-0.15, -0.1) is 0 Å². The largest absolute Gasteiger partial charge is 0.506 e. The summed E-state index contributed by atoms with van der Waals surface area (Å²) in [6.07, 6.45) is 1.63. The first-order chi connectivity index (χ1) is 8.13. The first kappa shape index (κ1) is 12.0. The van der Waals surface area contributed by atoms with Crippen molar-refractivity contribution < 1.29 is 9.84 Å². The molecule has 5 heteroatoms. The topological polar surface area (TPSA) is 42.4 Å². The van der Waals surface area contributed by atoms with Crippen molar-refractivity contribution in [2.45, 2.75) is 0 Å². The molecule has 0 spiro atoms. The van der Waals surface area contributed by atoms with Crippen LogP contribution in [0.1, 0.15) is 0 Å². The van der Waals surface area contributed by atoms with Crippen LogP contribution in [-0.4, -0.2) is 17.2 Å². The number of pyridine rings is 1. The molecule has 0 saturated carbocycles. The zero-order chi connectivity index (χ0) is 12.4. The standard InChI is InChI=1S/C12H9Cl2NO2/c1-17-11-3-2-4-15-12(11)7-5-9(14)10(16)6-8(7)13/h2-6,16H,1H3. The molecule has 0 atom stereocenters. The Balaban J connectivity index is 2.64. The van der Waals surface area contributed by atoms with Crippen LogP contribution in [0.4, 0.5) is 0 Å². The van der Waals surface area contributed by atoms with Gasteiger partial charge in [0, 0.05) is 17.8 Å². The molecular weight excluding hydrogens is 261 g/mol. The summed E-state index contributed by atoms with van der Waals surface area (Å²) in [7, 11) is 1.55. The summed E-state index contributed by atoms with van der Waals surface area (Å²) >= 11 is 11.9. The maximum atomic E-state index is 9.43. The normalized spacial score (nSPS) is 10.3. The molecule has 1 heterocycles. The van der Waals surface area contributed by atoms with E-state index in [4.69, 9.17) is 27.9 Å². The molecule has 0 bridgehead atoms. The first-order valence-electron chi connectivity index (χ1n) is 4.81. The molecule has 0 saturated heterocycles. The number of hydrogen-bond acceptors (Lipinski definition) is 3. The second-order valence-electron chi connectivity index (χ2n) is 3.34.